The Hall–Kier alpha value is -1.74. The predicted octanol–water partition coefficient (Wildman–Crippen LogP) is 4.28. The molecule has 0 unspecified atom stereocenters. The van der Waals surface area contributed by atoms with E-state index < -0.39 is 0 Å². The van der Waals surface area contributed by atoms with Gasteiger partial charge in [-0.3, -0.25) is 0 Å². The van der Waals surface area contributed by atoms with Crippen LogP contribution in [0, 0.1) is 12.7 Å². The molecule has 0 fully saturated rings. The van der Waals surface area contributed by atoms with Crippen molar-refractivity contribution in [1.82, 2.24) is 0 Å². The summed E-state index contributed by atoms with van der Waals surface area (Å²) >= 11 is 5.80. The molecule has 0 bridgehead atoms. The van der Waals surface area contributed by atoms with Crippen LogP contribution in [0.3, 0.4) is 0 Å². The molecule has 0 heterocycles. The van der Waals surface area contributed by atoms with Crippen molar-refractivity contribution < 1.29 is 9.13 Å². The lowest BCUT2D eigenvalue weighted by atomic mass is 10.2. The fourth-order valence-electron chi connectivity index (χ4n) is 1.70. The Morgan fingerprint density at radius 1 is 1.16 bits per heavy atom. The van der Waals surface area contributed by atoms with Gasteiger partial charge in [-0.15, -0.1) is 0 Å². The molecule has 1 N–H and O–H groups in total. The van der Waals surface area contributed by atoms with Crippen molar-refractivity contribution >= 4 is 17.3 Å². The SMILES string of the molecule is Cc1cc(F)ccc1OCCNc1ccc(Cl)cc1. The molecule has 0 saturated heterocycles. The van der Waals surface area contributed by atoms with Gasteiger partial charge in [-0.25, -0.2) is 4.39 Å². The molecule has 4 heteroatoms. The maximum absolute atomic E-state index is 12.9. The van der Waals surface area contributed by atoms with Gasteiger partial charge in [-0.05, 0) is 55.0 Å². The number of nitrogens with one attached hydrogen (secondary N) is 1. The fraction of sp³-hybridized carbons (Fsp3) is 0.200. The summed E-state index contributed by atoms with van der Waals surface area (Å²) < 4.78 is 18.5. The molecule has 0 atom stereocenters. The molecule has 2 aromatic rings. The van der Waals surface area contributed by atoms with Crippen molar-refractivity contribution in [2.45, 2.75) is 6.92 Å². The third-order valence-electron chi connectivity index (χ3n) is 2.67. The summed E-state index contributed by atoms with van der Waals surface area (Å²) in [6, 6.07) is 12.0. The van der Waals surface area contributed by atoms with Gasteiger partial charge < -0.3 is 10.1 Å². The van der Waals surface area contributed by atoms with Crippen LogP contribution in [0.15, 0.2) is 42.5 Å². The van der Waals surface area contributed by atoms with Gasteiger partial charge in [0.05, 0.1) is 0 Å². The Bertz CT molecular complexity index is 542. The first-order valence-electron chi connectivity index (χ1n) is 6.03. The summed E-state index contributed by atoms with van der Waals surface area (Å²) in [5.74, 6) is 0.462. The van der Waals surface area contributed by atoms with Gasteiger partial charge >= 0.3 is 0 Å². The molecule has 2 aromatic carbocycles. The minimum atomic E-state index is -0.246. The largest absolute Gasteiger partial charge is 0.491 e. The highest BCUT2D eigenvalue weighted by Gasteiger charge is 2.00. The summed E-state index contributed by atoms with van der Waals surface area (Å²) in [7, 11) is 0. The minimum Gasteiger partial charge on any atom is -0.491 e. The molecule has 2 rings (SSSR count). The number of halogens is 2. The third kappa shape index (κ3) is 4.14. The van der Waals surface area contributed by atoms with Gasteiger partial charge in [0, 0.05) is 17.3 Å². The molecule has 0 saturated carbocycles. The fourth-order valence-corrected chi connectivity index (χ4v) is 1.82. The normalized spacial score (nSPS) is 10.3. The van der Waals surface area contributed by atoms with E-state index in [0.29, 0.717) is 23.9 Å². The summed E-state index contributed by atoms with van der Waals surface area (Å²) in [6.07, 6.45) is 0. The molecule has 0 aliphatic rings. The van der Waals surface area contributed by atoms with Crippen LogP contribution < -0.4 is 10.1 Å². The number of benzene rings is 2. The summed E-state index contributed by atoms with van der Waals surface area (Å²) in [5.41, 5.74) is 1.79. The highest BCUT2D eigenvalue weighted by Crippen LogP contribution is 2.18. The number of ether oxygens (including phenoxy) is 1. The van der Waals surface area contributed by atoms with Gasteiger partial charge in [0.2, 0.25) is 0 Å². The predicted molar refractivity (Wildman–Crippen MR) is 76.6 cm³/mol. The van der Waals surface area contributed by atoms with Crippen molar-refractivity contribution in [1.29, 1.82) is 0 Å². The van der Waals surface area contributed by atoms with Crippen molar-refractivity contribution in [2.24, 2.45) is 0 Å². The highest BCUT2D eigenvalue weighted by atomic mass is 35.5. The number of rotatable bonds is 5. The molecular formula is C15H15ClFNO. The zero-order valence-corrected chi connectivity index (χ0v) is 11.4. The van der Waals surface area contributed by atoms with Crippen LogP contribution in [-0.2, 0) is 0 Å². The first kappa shape index (κ1) is 13.7. The van der Waals surface area contributed by atoms with Gasteiger partial charge in [0.15, 0.2) is 0 Å². The lowest BCUT2D eigenvalue weighted by Gasteiger charge is -2.10. The van der Waals surface area contributed by atoms with Gasteiger partial charge in [-0.1, -0.05) is 11.6 Å². The molecule has 0 aromatic heterocycles. The van der Waals surface area contributed by atoms with E-state index in [1.807, 2.05) is 31.2 Å². The molecule has 2 nitrogen and oxygen atoms in total. The Morgan fingerprint density at radius 3 is 2.58 bits per heavy atom. The average molecular weight is 280 g/mol. The van der Waals surface area contributed by atoms with Crippen LogP contribution >= 0.6 is 11.6 Å². The second kappa shape index (κ2) is 6.43. The van der Waals surface area contributed by atoms with Crippen molar-refractivity contribution in [3.05, 3.63) is 58.9 Å². The lowest BCUT2D eigenvalue weighted by molar-refractivity contribution is 0.330. The number of aryl methyl sites for hydroxylation is 1. The Kier molecular flexibility index (Phi) is 4.63. The Morgan fingerprint density at radius 2 is 1.89 bits per heavy atom. The second-order valence-corrected chi connectivity index (χ2v) is 4.63. The third-order valence-corrected chi connectivity index (χ3v) is 2.92. The first-order valence-corrected chi connectivity index (χ1v) is 6.41. The number of anilines is 1. The summed E-state index contributed by atoms with van der Waals surface area (Å²) in [4.78, 5) is 0. The number of hydrogen-bond donors (Lipinski definition) is 1. The van der Waals surface area contributed by atoms with Crippen LogP contribution in [0.4, 0.5) is 10.1 Å². The average Bonchev–Trinajstić information content (AvgIpc) is 2.39. The van der Waals surface area contributed by atoms with Crippen LogP contribution in [0.1, 0.15) is 5.56 Å². The van der Waals surface area contributed by atoms with Crippen LogP contribution in [-0.4, -0.2) is 13.2 Å². The summed E-state index contributed by atoms with van der Waals surface area (Å²) in [6.45, 7) is 3.00. The smallest absolute Gasteiger partial charge is 0.123 e. The maximum Gasteiger partial charge on any atom is 0.123 e. The molecule has 0 radical (unpaired) electrons. The zero-order valence-electron chi connectivity index (χ0n) is 10.6. The monoisotopic (exact) mass is 279 g/mol. The number of hydrogen-bond acceptors (Lipinski definition) is 2. The van der Waals surface area contributed by atoms with E-state index in [4.69, 9.17) is 16.3 Å². The quantitative estimate of drug-likeness (QED) is 0.825. The molecule has 100 valence electrons. The lowest BCUT2D eigenvalue weighted by Crippen LogP contribution is -2.11. The molecule has 19 heavy (non-hydrogen) atoms. The van der Waals surface area contributed by atoms with E-state index in [2.05, 4.69) is 5.32 Å². The molecule has 0 spiro atoms. The van der Waals surface area contributed by atoms with Gasteiger partial charge in [-0.2, -0.15) is 0 Å². The van der Waals surface area contributed by atoms with Gasteiger partial charge in [0.1, 0.15) is 18.2 Å². The van der Waals surface area contributed by atoms with E-state index in [0.717, 1.165) is 11.3 Å². The molecule has 0 amide bonds. The molecular weight excluding hydrogens is 265 g/mol. The Labute approximate surface area is 117 Å². The zero-order chi connectivity index (χ0) is 13.7. The first-order chi connectivity index (χ1) is 9.15. The van der Waals surface area contributed by atoms with Crippen LogP contribution in [0.5, 0.6) is 5.75 Å². The highest BCUT2D eigenvalue weighted by molar-refractivity contribution is 6.30. The van der Waals surface area contributed by atoms with Crippen molar-refractivity contribution in [2.75, 3.05) is 18.5 Å². The maximum atomic E-state index is 12.9. The van der Waals surface area contributed by atoms with E-state index in [1.54, 1.807) is 6.07 Å². The van der Waals surface area contributed by atoms with Crippen LogP contribution in [0.25, 0.3) is 0 Å². The van der Waals surface area contributed by atoms with Crippen LogP contribution in [0.2, 0.25) is 5.02 Å². The standard InChI is InChI=1S/C15H15ClFNO/c1-11-10-13(17)4-7-15(11)19-9-8-18-14-5-2-12(16)3-6-14/h2-7,10,18H,8-9H2,1H3. The molecule has 0 aliphatic heterocycles. The molecule has 0 aliphatic carbocycles. The van der Waals surface area contributed by atoms with E-state index in [9.17, 15) is 4.39 Å². The van der Waals surface area contributed by atoms with E-state index in [1.165, 1.54) is 12.1 Å². The topological polar surface area (TPSA) is 21.3 Å². The second-order valence-electron chi connectivity index (χ2n) is 4.19. The van der Waals surface area contributed by atoms with E-state index in [-0.39, 0.29) is 5.82 Å². The van der Waals surface area contributed by atoms with Crippen molar-refractivity contribution in [3.63, 3.8) is 0 Å². The van der Waals surface area contributed by atoms with E-state index >= 15 is 0 Å². The van der Waals surface area contributed by atoms with Crippen molar-refractivity contribution in [3.8, 4) is 5.75 Å². The van der Waals surface area contributed by atoms with Gasteiger partial charge in [0.25, 0.3) is 0 Å². The summed E-state index contributed by atoms with van der Waals surface area (Å²) in [5, 5.41) is 3.93. The Balaban J connectivity index is 1.79. The minimum absolute atomic E-state index is 0.246.